The van der Waals surface area contributed by atoms with E-state index in [1.807, 2.05) is 0 Å². The van der Waals surface area contributed by atoms with E-state index in [0.717, 1.165) is 6.07 Å². The maximum Gasteiger partial charge on any atom is 0.508 e. The standard InChI is InChI=1S/C6H6F2N2.C4H5BN2O2/c7-3-1-4(8)6(10)5(9)2-3;8-5(9)4-1-2-6-3-7-4/h1-2H,9-10H2;1-3,8-9H. The molecule has 0 aliphatic carbocycles. The zero-order chi connectivity index (χ0) is 14.4. The van der Waals surface area contributed by atoms with Crippen molar-refractivity contribution in [1.82, 2.24) is 9.97 Å². The van der Waals surface area contributed by atoms with Crippen LogP contribution in [0.15, 0.2) is 30.7 Å². The molecule has 100 valence electrons. The van der Waals surface area contributed by atoms with Crippen LogP contribution in [0.4, 0.5) is 20.2 Å². The molecule has 6 N–H and O–H groups in total. The van der Waals surface area contributed by atoms with Crippen LogP contribution < -0.4 is 17.1 Å². The minimum atomic E-state index is -1.49. The largest absolute Gasteiger partial charge is 0.508 e. The van der Waals surface area contributed by atoms with Crippen LogP contribution in [0.3, 0.4) is 0 Å². The number of hydrogen-bond donors (Lipinski definition) is 4. The van der Waals surface area contributed by atoms with Crippen molar-refractivity contribution in [2.24, 2.45) is 0 Å². The molecule has 0 aliphatic heterocycles. The van der Waals surface area contributed by atoms with E-state index in [0.29, 0.717) is 6.07 Å². The summed E-state index contributed by atoms with van der Waals surface area (Å²) in [6, 6.07) is 3.09. The third-order valence-electron chi connectivity index (χ3n) is 2.00. The average molecular weight is 268 g/mol. The Hall–Kier alpha value is -2.26. The second-order valence-corrected chi connectivity index (χ2v) is 3.40. The van der Waals surface area contributed by atoms with Gasteiger partial charge in [0.2, 0.25) is 0 Å². The molecule has 0 fully saturated rings. The second-order valence-electron chi connectivity index (χ2n) is 3.40. The fourth-order valence-corrected chi connectivity index (χ4v) is 1.06. The van der Waals surface area contributed by atoms with Crippen molar-refractivity contribution in [2.75, 3.05) is 11.5 Å². The first-order valence-corrected chi connectivity index (χ1v) is 5.04. The lowest BCUT2D eigenvalue weighted by Gasteiger charge is -1.99. The Labute approximate surface area is 107 Å². The second kappa shape index (κ2) is 6.62. The molecule has 1 aromatic heterocycles. The van der Waals surface area contributed by atoms with Crippen molar-refractivity contribution in [3.8, 4) is 0 Å². The van der Waals surface area contributed by atoms with Crippen molar-refractivity contribution in [1.29, 1.82) is 0 Å². The summed E-state index contributed by atoms with van der Waals surface area (Å²) in [4.78, 5) is 7.16. The van der Waals surface area contributed by atoms with Crippen molar-refractivity contribution in [2.45, 2.75) is 0 Å². The van der Waals surface area contributed by atoms with Gasteiger partial charge in [-0.3, -0.25) is 0 Å². The van der Waals surface area contributed by atoms with Gasteiger partial charge in [-0.25, -0.2) is 18.7 Å². The predicted octanol–water partition coefficient (Wildman–Crippen LogP) is -0.714. The van der Waals surface area contributed by atoms with Crippen LogP contribution in [0, 0.1) is 11.6 Å². The lowest BCUT2D eigenvalue weighted by molar-refractivity contribution is 0.424. The molecule has 0 radical (unpaired) electrons. The van der Waals surface area contributed by atoms with Gasteiger partial charge in [-0.05, 0) is 12.1 Å². The Bertz CT molecular complexity index is 519. The van der Waals surface area contributed by atoms with Crippen molar-refractivity contribution < 1.29 is 18.8 Å². The van der Waals surface area contributed by atoms with Gasteiger partial charge in [0.15, 0.2) is 5.82 Å². The molecule has 6 nitrogen and oxygen atoms in total. The number of anilines is 2. The summed E-state index contributed by atoms with van der Waals surface area (Å²) in [5.74, 6) is -1.54. The number of nitrogens with two attached hydrogens (primary N) is 2. The molecular formula is C10H11BF2N4O2. The first kappa shape index (κ1) is 14.8. The molecule has 2 rings (SSSR count). The van der Waals surface area contributed by atoms with E-state index < -0.39 is 18.8 Å². The third kappa shape index (κ3) is 4.49. The number of hydrogen-bond acceptors (Lipinski definition) is 6. The quantitative estimate of drug-likeness (QED) is 0.400. The highest BCUT2D eigenvalue weighted by atomic mass is 19.1. The molecule has 2 aromatic rings. The van der Waals surface area contributed by atoms with Gasteiger partial charge in [0.25, 0.3) is 0 Å². The van der Waals surface area contributed by atoms with Gasteiger partial charge in [0, 0.05) is 12.3 Å². The fraction of sp³-hybridized carbons (Fsp3) is 0. The summed E-state index contributed by atoms with van der Waals surface area (Å²) < 4.78 is 24.6. The highest BCUT2D eigenvalue weighted by Gasteiger charge is 2.10. The van der Waals surface area contributed by atoms with Crippen LogP contribution in [0.1, 0.15) is 0 Å². The number of nitrogens with zero attached hydrogens (tertiary/aromatic N) is 2. The highest BCUT2D eigenvalue weighted by molar-refractivity contribution is 6.57. The fourth-order valence-electron chi connectivity index (χ4n) is 1.06. The topological polar surface area (TPSA) is 118 Å². The van der Waals surface area contributed by atoms with Crippen LogP contribution in [-0.2, 0) is 0 Å². The van der Waals surface area contributed by atoms with Crippen LogP contribution in [-0.4, -0.2) is 27.1 Å². The van der Waals surface area contributed by atoms with Crippen molar-refractivity contribution in [3.05, 3.63) is 42.4 Å². The van der Waals surface area contributed by atoms with E-state index in [1.54, 1.807) is 0 Å². The van der Waals surface area contributed by atoms with E-state index >= 15 is 0 Å². The zero-order valence-corrected chi connectivity index (χ0v) is 9.66. The van der Waals surface area contributed by atoms with Crippen LogP contribution >= 0.6 is 0 Å². The Balaban J connectivity index is 0.000000191. The summed E-state index contributed by atoms with van der Waals surface area (Å²) in [6.07, 6.45) is 2.70. The average Bonchev–Trinajstić information content (AvgIpc) is 2.37. The molecule has 0 unspecified atom stereocenters. The lowest BCUT2D eigenvalue weighted by atomic mass is 9.86. The molecule has 0 saturated heterocycles. The lowest BCUT2D eigenvalue weighted by Crippen LogP contribution is -2.32. The first-order chi connectivity index (χ1) is 8.91. The number of aromatic nitrogens is 2. The molecule has 0 atom stereocenters. The SMILES string of the molecule is Nc1cc(F)cc(F)c1N.OB(O)c1ccncn1. The Morgan fingerprint density at radius 1 is 1.16 bits per heavy atom. The van der Waals surface area contributed by atoms with Gasteiger partial charge in [0.1, 0.15) is 12.1 Å². The number of halogens is 2. The van der Waals surface area contributed by atoms with Gasteiger partial charge < -0.3 is 21.5 Å². The van der Waals surface area contributed by atoms with Crippen molar-refractivity contribution in [3.63, 3.8) is 0 Å². The minimum absolute atomic E-state index is 0.0718. The monoisotopic (exact) mass is 268 g/mol. The molecule has 1 heterocycles. The Kier molecular flexibility index (Phi) is 5.16. The number of benzene rings is 1. The van der Waals surface area contributed by atoms with Crippen LogP contribution in [0.5, 0.6) is 0 Å². The van der Waals surface area contributed by atoms with E-state index in [4.69, 9.17) is 21.5 Å². The summed E-state index contributed by atoms with van der Waals surface area (Å²) in [5, 5.41) is 17.0. The highest BCUT2D eigenvalue weighted by Crippen LogP contribution is 2.19. The number of nitrogen functional groups attached to an aromatic ring is 2. The number of rotatable bonds is 1. The molecule has 0 bridgehead atoms. The zero-order valence-electron chi connectivity index (χ0n) is 9.66. The van der Waals surface area contributed by atoms with Gasteiger partial charge in [0.05, 0.1) is 17.0 Å². The maximum absolute atomic E-state index is 12.4. The minimum Gasteiger partial charge on any atom is -0.422 e. The van der Waals surface area contributed by atoms with Gasteiger partial charge in [-0.2, -0.15) is 0 Å². The molecule has 0 spiro atoms. The molecule has 0 amide bonds. The van der Waals surface area contributed by atoms with Gasteiger partial charge >= 0.3 is 7.12 Å². The molecule has 19 heavy (non-hydrogen) atoms. The predicted molar refractivity (Wildman–Crippen MR) is 67.0 cm³/mol. The summed E-state index contributed by atoms with van der Waals surface area (Å²) in [7, 11) is -1.49. The van der Waals surface area contributed by atoms with E-state index in [1.165, 1.54) is 18.6 Å². The molecule has 1 aromatic carbocycles. The third-order valence-corrected chi connectivity index (χ3v) is 2.00. The van der Waals surface area contributed by atoms with E-state index in [2.05, 4.69) is 9.97 Å². The first-order valence-electron chi connectivity index (χ1n) is 5.04. The van der Waals surface area contributed by atoms with Crippen LogP contribution in [0.2, 0.25) is 0 Å². The molecule has 0 saturated carbocycles. The van der Waals surface area contributed by atoms with Gasteiger partial charge in [-0.1, -0.05) is 0 Å². The molecule has 9 heteroatoms. The van der Waals surface area contributed by atoms with Crippen LogP contribution in [0.25, 0.3) is 0 Å². The van der Waals surface area contributed by atoms with Crippen molar-refractivity contribution >= 4 is 24.1 Å². The summed E-state index contributed by atoms with van der Waals surface area (Å²) in [6.45, 7) is 0. The Morgan fingerprint density at radius 3 is 2.26 bits per heavy atom. The van der Waals surface area contributed by atoms with Gasteiger partial charge in [-0.15, -0.1) is 0 Å². The maximum atomic E-state index is 12.4. The van der Waals surface area contributed by atoms with E-state index in [9.17, 15) is 8.78 Å². The molecule has 0 aliphatic rings. The normalized spacial score (nSPS) is 9.47. The summed E-state index contributed by atoms with van der Waals surface area (Å²) >= 11 is 0. The summed E-state index contributed by atoms with van der Waals surface area (Å²) in [5.41, 5.74) is 10.1. The van der Waals surface area contributed by atoms with E-state index in [-0.39, 0.29) is 17.0 Å². The smallest absolute Gasteiger partial charge is 0.422 e. The Morgan fingerprint density at radius 2 is 1.84 bits per heavy atom. The molecular weight excluding hydrogens is 257 g/mol.